The van der Waals surface area contributed by atoms with Crippen LogP contribution in [0.25, 0.3) is 0 Å². The Hall–Kier alpha value is -2.90. The molecule has 0 amide bonds. The molecule has 1 unspecified atom stereocenters. The third kappa shape index (κ3) is 5.71. The van der Waals surface area contributed by atoms with E-state index in [1.807, 2.05) is 12.1 Å². The Morgan fingerprint density at radius 2 is 1.74 bits per heavy atom. The van der Waals surface area contributed by atoms with Crippen LogP contribution in [0.4, 0.5) is 0 Å². The van der Waals surface area contributed by atoms with Crippen LogP contribution in [0, 0.1) is 51.8 Å². The highest BCUT2D eigenvalue weighted by Gasteiger charge is 2.66. The molecule has 6 nitrogen and oxygen atoms in total. The summed E-state index contributed by atoms with van der Waals surface area (Å²) in [4.78, 5) is 21.4. The van der Waals surface area contributed by atoms with Crippen LogP contribution in [0.2, 0.25) is 5.02 Å². The summed E-state index contributed by atoms with van der Waals surface area (Å²) in [6.07, 6.45) is 6.26. The van der Waals surface area contributed by atoms with Crippen molar-refractivity contribution in [2.75, 3.05) is 26.2 Å². The number of halogens is 1. The standard InChI is InChI=1S/C36H43ClN4O2/c1-35(2)33(36(3,4)34(35)43-27-13-8-24(22-38)30(37)21-27)29-15-16-31-28(32(29)42)14-10-25(40-31)9-5-23-6-11-26(12-7-23)41-19-17-39-18-20-41/h8,10,13-14,21,23,26,29,33-34,39H,6-7,11-12,15-20H2,1-4H3/t23?,26?,29?,33-,34-. The Morgan fingerprint density at radius 1 is 1.02 bits per heavy atom. The summed E-state index contributed by atoms with van der Waals surface area (Å²) in [5, 5.41) is 13.1. The largest absolute Gasteiger partial charge is 0.489 e. The van der Waals surface area contributed by atoms with Crippen LogP contribution < -0.4 is 10.1 Å². The lowest BCUT2D eigenvalue weighted by Gasteiger charge is -2.65. The maximum Gasteiger partial charge on any atom is 0.168 e. The van der Waals surface area contributed by atoms with Crippen LogP contribution in [-0.4, -0.2) is 54.0 Å². The zero-order chi connectivity index (χ0) is 30.4. The number of nitrogens with zero attached hydrogens (tertiary/aromatic N) is 3. The molecule has 43 heavy (non-hydrogen) atoms. The van der Waals surface area contributed by atoms with Crippen molar-refractivity contribution in [1.29, 1.82) is 5.26 Å². The normalized spacial score (nSPS) is 29.8. The van der Waals surface area contributed by atoms with E-state index in [2.05, 4.69) is 55.8 Å². The van der Waals surface area contributed by atoms with Gasteiger partial charge in [-0.15, -0.1) is 0 Å². The van der Waals surface area contributed by atoms with E-state index in [4.69, 9.17) is 21.3 Å². The molecule has 0 bridgehead atoms. The molecule has 2 aromatic rings. The summed E-state index contributed by atoms with van der Waals surface area (Å²) in [5.74, 6) is 8.24. The van der Waals surface area contributed by atoms with Crippen molar-refractivity contribution in [3.05, 3.63) is 57.9 Å². The zero-order valence-electron chi connectivity index (χ0n) is 25.9. The Morgan fingerprint density at radius 3 is 2.42 bits per heavy atom. The average Bonchev–Trinajstić information content (AvgIpc) is 3.00. The first-order valence-electron chi connectivity index (χ1n) is 16.0. The molecular formula is C36H43ClN4O2. The van der Waals surface area contributed by atoms with Crippen LogP contribution in [0.1, 0.15) is 87.1 Å². The predicted molar refractivity (Wildman–Crippen MR) is 169 cm³/mol. The maximum absolute atomic E-state index is 13.9. The highest BCUT2D eigenvalue weighted by Crippen LogP contribution is 2.64. The molecule has 1 aromatic carbocycles. The molecule has 3 fully saturated rings. The number of hydrogen-bond acceptors (Lipinski definition) is 6. The van der Waals surface area contributed by atoms with E-state index in [0.29, 0.717) is 28.3 Å². The third-order valence-electron chi connectivity index (χ3n) is 10.7. The first-order chi connectivity index (χ1) is 20.6. The minimum absolute atomic E-state index is 0.0773. The van der Waals surface area contributed by atoms with Gasteiger partial charge in [0.15, 0.2) is 5.78 Å². The second kappa shape index (κ2) is 11.9. The Labute approximate surface area is 261 Å². The van der Waals surface area contributed by atoms with E-state index >= 15 is 0 Å². The molecule has 1 atom stereocenters. The van der Waals surface area contributed by atoms with Crippen LogP contribution in [0.5, 0.6) is 5.75 Å². The number of aromatic nitrogens is 1. The summed E-state index contributed by atoms with van der Waals surface area (Å²) < 4.78 is 6.48. The molecule has 4 aliphatic rings. The van der Waals surface area contributed by atoms with Crippen LogP contribution >= 0.6 is 11.6 Å². The number of ether oxygens (including phenoxy) is 1. The number of rotatable bonds is 4. The molecule has 0 spiro atoms. The van der Waals surface area contributed by atoms with E-state index in [1.165, 1.54) is 12.8 Å². The summed E-state index contributed by atoms with van der Waals surface area (Å²) in [5.41, 5.74) is 2.43. The van der Waals surface area contributed by atoms with Crippen molar-refractivity contribution in [2.24, 2.45) is 28.6 Å². The average molecular weight is 599 g/mol. The number of piperazine rings is 1. The van der Waals surface area contributed by atoms with Gasteiger partial charge in [-0.1, -0.05) is 45.2 Å². The molecule has 6 rings (SSSR count). The van der Waals surface area contributed by atoms with Crippen molar-refractivity contribution in [1.82, 2.24) is 15.2 Å². The van der Waals surface area contributed by atoms with Crippen molar-refractivity contribution in [3.8, 4) is 23.7 Å². The van der Waals surface area contributed by atoms with Gasteiger partial charge in [0, 0.05) is 66.5 Å². The first-order valence-corrected chi connectivity index (χ1v) is 16.3. The molecule has 2 saturated carbocycles. The lowest BCUT2D eigenvalue weighted by molar-refractivity contribution is -0.213. The summed E-state index contributed by atoms with van der Waals surface area (Å²) in [7, 11) is 0. The molecule has 1 N–H and O–H groups in total. The van der Waals surface area contributed by atoms with Gasteiger partial charge in [0.25, 0.3) is 0 Å². The number of ketones is 1. The maximum atomic E-state index is 13.9. The van der Waals surface area contributed by atoms with Gasteiger partial charge in [-0.25, -0.2) is 4.98 Å². The van der Waals surface area contributed by atoms with Gasteiger partial charge in [-0.3, -0.25) is 9.69 Å². The number of carbonyl (C=O) groups excluding carboxylic acids is 1. The summed E-state index contributed by atoms with van der Waals surface area (Å²) in [6, 6.07) is 11.9. The molecule has 1 aliphatic heterocycles. The molecule has 226 valence electrons. The molecule has 1 aromatic heterocycles. The highest BCUT2D eigenvalue weighted by atomic mass is 35.5. The van der Waals surface area contributed by atoms with E-state index in [0.717, 1.165) is 68.8 Å². The summed E-state index contributed by atoms with van der Waals surface area (Å²) in [6.45, 7) is 13.4. The van der Waals surface area contributed by atoms with Gasteiger partial charge in [0.2, 0.25) is 0 Å². The minimum atomic E-state index is -0.218. The highest BCUT2D eigenvalue weighted by molar-refractivity contribution is 6.31. The zero-order valence-corrected chi connectivity index (χ0v) is 26.6. The smallest absolute Gasteiger partial charge is 0.168 e. The van der Waals surface area contributed by atoms with Crippen LogP contribution in [0.15, 0.2) is 30.3 Å². The SMILES string of the molecule is CC1(C)[C@H](Oc2ccc(C#N)c(Cl)c2)C(C)(C)[C@H]1C1CCc2nc(C#CC3CCC(N4CCNCC4)CC3)ccc2C1=O. The number of nitriles is 1. The fourth-order valence-corrected chi connectivity index (χ4v) is 9.23. The number of carbonyl (C=O) groups is 1. The van der Waals surface area contributed by atoms with Crippen molar-refractivity contribution < 1.29 is 9.53 Å². The minimum Gasteiger partial charge on any atom is -0.489 e. The van der Waals surface area contributed by atoms with E-state index in [1.54, 1.807) is 18.2 Å². The molecule has 0 radical (unpaired) electrons. The number of pyridine rings is 1. The Kier molecular flexibility index (Phi) is 8.33. The monoisotopic (exact) mass is 598 g/mol. The molecule has 2 heterocycles. The molecule has 1 saturated heterocycles. The quantitative estimate of drug-likeness (QED) is 0.416. The topological polar surface area (TPSA) is 78.2 Å². The van der Waals surface area contributed by atoms with Gasteiger partial charge < -0.3 is 10.1 Å². The Balaban J connectivity index is 1.10. The van der Waals surface area contributed by atoms with Crippen molar-refractivity contribution >= 4 is 17.4 Å². The fraction of sp³-hybridized carbons (Fsp3) is 0.583. The van der Waals surface area contributed by atoms with Gasteiger partial charge in [-0.2, -0.15) is 5.26 Å². The van der Waals surface area contributed by atoms with E-state index in [-0.39, 0.29) is 34.6 Å². The number of hydrogen-bond donors (Lipinski definition) is 1. The number of benzene rings is 1. The predicted octanol–water partition coefficient (Wildman–Crippen LogP) is 6.30. The molecule has 3 aliphatic carbocycles. The fourth-order valence-electron chi connectivity index (χ4n) is 9.02. The second-order valence-corrected chi connectivity index (χ2v) is 14.5. The lowest BCUT2D eigenvalue weighted by Crippen LogP contribution is -2.69. The number of fused-ring (bicyclic) bond motifs is 1. The van der Waals surface area contributed by atoms with Crippen LogP contribution in [-0.2, 0) is 6.42 Å². The first kappa shape index (κ1) is 30.1. The molecular weight excluding hydrogens is 556 g/mol. The van der Waals surface area contributed by atoms with Crippen LogP contribution in [0.3, 0.4) is 0 Å². The van der Waals surface area contributed by atoms with Gasteiger partial charge >= 0.3 is 0 Å². The Bertz CT molecular complexity index is 1470. The number of nitrogens with one attached hydrogen (secondary N) is 1. The van der Waals surface area contributed by atoms with Gasteiger partial charge in [-0.05, 0) is 74.6 Å². The third-order valence-corrected chi connectivity index (χ3v) is 11.0. The number of aryl methyl sites for hydroxylation is 1. The van der Waals surface area contributed by atoms with Crippen molar-refractivity contribution in [2.45, 2.75) is 78.4 Å². The summed E-state index contributed by atoms with van der Waals surface area (Å²) >= 11 is 6.27. The molecule has 7 heteroatoms. The number of Topliss-reactive ketones (excluding diaryl/α,β-unsaturated/α-hetero) is 1. The van der Waals surface area contributed by atoms with E-state index in [9.17, 15) is 10.1 Å². The van der Waals surface area contributed by atoms with Crippen molar-refractivity contribution in [3.63, 3.8) is 0 Å². The van der Waals surface area contributed by atoms with Gasteiger partial charge in [0.1, 0.15) is 23.6 Å². The van der Waals surface area contributed by atoms with E-state index < -0.39 is 0 Å². The second-order valence-electron chi connectivity index (χ2n) is 14.1. The lowest BCUT2D eigenvalue weighted by atomic mass is 9.41. The van der Waals surface area contributed by atoms with Gasteiger partial charge in [0.05, 0.1) is 16.3 Å².